The Kier molecular flexibility index (Phi) is 9.65. The van der Waals surface area contributed by atoms with Gasteiger partial charge in [0.05, 0.1) is 53.5 Å². The highest BCUT2D eigenvalue weighted by atomic mass is 32.2. The molecular weight excluding hydrogens is 700 g/mol. The third-order valence-corrected chi connectivity index (χ3v) is 9.91. The summed E-state index contributed by atoms with van der Waals surface area (Å²) in [5.74, 6) is -0.752. The van der Waals surface area contributed by atoms with Crippen LogP contribution in [0.2, 0.25) is 0 Å². The lowest BCUT2D eigenvalue weighted by atomic mass is 9.99. The second-order valence-corrected chi connectivity index (χ2v) is 15.5. The maximum Gasteiger partial charge on any atom is 0.419 e. The third kappa shape index (κ3) is 6.99. The smallest absolute Gasteiger partial charge is 0.419 e. The molecule has 274 valence electrons. The quantitative estimate of drug-likeness (QED) is 0.154. The van der Waals surface area contributed by atoms with Gasteiger partial charge in [0, 0.05) is 47.6 Å². The van der Waals surface area contributed by atoms with E-state index >= 15 is 0 Å². The molecule has 53 heavy (non-hydrogen) atoms. The predicted molar refractivity (Wildman–Crippen MR) is 205 cm³/mol. The van der Waals surface area contributed by atoms with Crippen LogP contribution in [0.4, 0.5) is 14.9 Å². The number of ether oxygens (including phenoxy) is 2. The van der Waals surface area contributed by atoms with Crippen molar-refractivity contribution in [3.8, 4) is 34.0 Å². The number of carbonyl (C=O) groups is 2. The molecular formula is C40H39FN4O7S. The molecule has 0 fully saturated rings. The number of anilines is 1. The van der Waals surface area contributed by atoms with Crippen LogP contribution in [0, 0.1) is 12.7 Å². The molecule has 3 aromatic heterocycles. The zero-order valence-corrected chi connectivity index (χ0v) is 31.4. The fourth-order valence-corrected chi connectivity index (χ4v) is 6.71. The number of aryl methyl sites for hydroxylation is 1. The van der Waals surface area contributed by atoms with Crippen LogP contribution in [0.5, 0.6) is 0 Å². The number of para-hydroxylation sites is 1. The van der Waals surface area contributed by atoms with Crippen LogP contribution in [0.15, 0.2) is 83.5 Å². The van der Waals surface area contributed by atoms with Crippen molar-refractivity contribution in [2.24, 2.45) is 0 Å². The molecule has 6 rings (SSSR count). The first-order valence-corrected chi connectivity index (χ1v) is 18.5. The van der Waals surface area contributed by atoms with Gasteiger partial charge in [-0.1, -0.05) is 24.3 Å². The van der Waals surface area contributed by atoms with Crippen LogP contribution in [0.1, 0.15) is 42.3 Å². The molecule has 11 nitrogen and oxygen atoms in total. The zero-order valence-electron chi connectivity index (χ0n) is 30.6. The van der Waals surface area contributed by atoms with Crippen LogP contribution in [0.3, 0.4) is 0 Å². The number of aromatic nitrogens is 2. The van der Waals surface area contributed by atoms with Gasteiger partial charge in [-0.25, -0.2) is 27.2 Å². The minimum atomic E-state index is -3.83. The molecule has 0 saturated heterocycles. The SMILES string of the molecule is CNC(=O)c1c(-c2ccc(F)cc2)oc2cc(N(C)S(C)(=O)=O)c(-c3ccc(/C=C/OC)c(-c4c(C)c5ccccc5n4C(=O)OC(C)(C)C)n3)cc12. The highest BCUT2D eigenvalue weighted by molar-refractivity contribution is 7.92. The fraction of sp³-hybridized carbons (Fsp3) is 0.225. The molecule has 0 spiro atoms. The zero-order chi connectivity index (χ0) is 38.4. The van der Waals surface area contributed by atoms with E-state index in [1.165, 1.54) is 62.4 Å². The minimum Gasteiger partial charge on any atom is -0.504 e. The van der Waals surface area contributed by atoms with Crippen LogP contribution in [-0.2, 0) is 19.5 Å². The van der Waals surface area contributed by atoms with Gasteiger partial charge in [0.15, 0.2) is 0 Å². The molecule has 0 aliphatic carbocycles. The number of rotatable bonds is 8. The van der Waals surface area contributed by atoms with Crippen molar-refractivity contribution in [1.29, 1.82) is 0 Å². The summed E-state index contributed by atoms with van der Waals surface area (Å²) < 4.78 is 60.0. The second-order valence-electron chi connectivity index (χ2n) is 13.5. The lowest BCUT2D eigenvalue weighted by Crippen LogP contribution is -2.27. The van der Waals surface area contributed by atoms with Crippen LogP contribution < -0.4 is 9.62 Å². The highest BCUT2D eigenvalue weighted by Crippen LogP contribution is 2.43. The largest absolute Gasteiger partial charge is 0.504 e. The van der Waals surface area contributed by atoms with Gasteiger partial charge in [0.1, 0.15) is 22.8 Å². The Morgan fingerprint density at radius 1 is 1.02 bits per heavy atom. The van der Waals surface area contributed by atoms with Gasteiger partial charge in [0.2, 0.25) is 10.0 Å². The second kappa shape index (κ2) is 13.9. The van der Waals surface area contributed by atoms with Crippen LogP contribution in [-0.4, -0.2) is 63.0 Å². The molecule has 3 heterocycles. The average Bonchev–Trinajstić information content (AvgIpc) is 3.63. The first-order chi connectivity index (χ1) is 25.0. The predicted octanol–water partition coefficient (Wildman–Crippen LogP) is 8.39. The van der Waals surface area contributed by atoms with Crippen molar-refractivity contribution in [1.82, 2.24) is 14.9 Å². The average molecular weight is 739 g/mol. The number of hydrogen-bond donors (Lipinski definition) is 1. The van der Waals surface area contributed by atoms with Crippen molar-refractivity contribution in [2.75, 3.05) is 31.8 Å². The summed E-state index contributed by atoms with van der Waals surface area (Å²) in [6.07, 6.45) is 3.67. The number of furan rings is 1. The van der Waals surface area contributed by atoms with Crippen molar-refractivity contribution >= 4 is 55.7 Å². The monoisotopic (exact) mass is 738 g/mol. The molecule has 13 heteroatoms. The number of nitrogens with zero attached hydrogens (tertiary/aromatic N) is 3. The van der Waals surface area contributed by atoms with E-state index in [1.54, 1.807) is 45.0 Å². The van der Waals surface area contributed by atoms with Crippen LogP contribution >= 0.6 is 0 Å². The lowest BCUT2D eigenvalue weighted by molar-refractivity contribution is 0.0546. The molecule has 1 amide bonds. The van der Waals surface area contributed by atoms with Gasteiger partial charge in [-0.3, -0.25) is 9.10 Å². The van der Waals surface area contributed by atoms with E-state index in [2.05, 4.69) is 5.32 Å². The van der Waals surface area contributed by atoms with Gasteiger partial charge in [-0.05, 0) is 81.8 Å². The Balaban J connectivity index is 1.70. The number of amides is 1. The molecule has 1 N–H and O–H groups in total. The van der Waals surface area contributed by atoms with Gasteiger partial charge >= 0.3 is 6.09 Å². The van der Waals surface area contributed by atoms with E-state index in [-0.39, 0.29) is 22.6 Å². The Morgan fingerprint density at radius 2 is 1.72 bits per heavy atom. The van der Waals surface area contributed by atoms with Gasteiger partial charge < -0.3 is 19.2 Å². The Hall–Kier alpha value is -5.95. The van der Waals surface area contributed by atoms with Gasteiger partial charge in [-0.2, -0.15) is 0 Å². The first-order valence-electron chi connectivity index (χ1n) is 16.6. The number of hydrogen-bond acceptors (Lipinski definition) is 8. The highest BCUT2D eigenvalue weighted by Gasteiger charge is 2.29. The Morgan fingerprint density at radius 3 is 2.36 bits per heavy atom. The summed E-state index contributed by atoms with van der Waals surface area (Å²) in [7, 11) is 0.572. The molecule has 0 saturated carbocycles. The van der Waals surface area contributed by atoms with Crippen LogP contribution in [0.25, 0.3) is 61.9 Å². The van der Waals surface area contributed by atoms with E-state index in [0.717, 1.165) is 21.5 Å². The molecule has 3 aromatic carbocycles. The van der Waals surface area contributed by atoms with Crippen molar-refractivity contribution in [2.45, 2.75) is 33.3 Å². The summed E-state index contributed by atoms with van der Waals surface area (Å²) in [6, 6.07) is 19.7. The Labute approximate surface area is 306 Å². The number of pyridine rings is 1. The lowest BCUT2D eigenvalue weighted by Gasteiger charge is -2.22. The van der Waals surface area contributed by atoms with Crippen molar-refractivity contribution in [3.63, 3.8) is 0 Å². The maximum absolute atomic E-state index is 14.0. The first kappa shape index (κ1) is 36.8. The fourth-order valence-electron chi connectivity index (χ4n) is 6.20. The van der Waals surface area contributed by atoms with E-state index in [0.29, 0.717) is 44.7 Å². The number of nitrogens with one attached hydrogen (secondary N) is 1. The minimum absolute atomic E-state index is 0.171. The summed E-state index contributed by atoms with van der Waals surface area (Å²) in [6.45, 7) is 7.25. The molecule has 0 unspecified atom stereocenters. The summed E-state index contributed by atoms with van der Waals surface area (Å²) in [4.78, 5) is 32.5. The Bertz CT molecular complexity index is 2550. The van der Waals surface area contributed by atoms with Gasteiger partial charge in [0.25, 0.3) is 5.91 Å². The van der Waals surface area contributed by atoms with E-state index in [4.69, 9.17) is 18.9 Å². The van der Waals surface area contributed by atoms with E-state index in [9.17, 15) is 22.4 Å². The van der Waals surface area contributed by atoms with Crippen molar-refractivity contribution < 1.29 is 36.3 Å². The third-order valence-electron chi connectivity index (χ3n) is 8.72. The summed E-state index contributed by atoms with van der Waals surface area (Å²) in [5, 5.41) is 3.83. The van der Waals surface area contributed by atoms with Crippen molar-refractivity contribution in [3.05, 3.63) is 102 Å². The summed E-state index contributed by atoms with van der Waals surface area (Å²) >= 11 is 0. The van der Waals surface area contributed by atoms with E-state index < -0.39 is 33.4 Å². The molecule has 0 aliphatic heterocycles. The van der Waals surface area contributed by atoms with Gasteiger partial charge in [-0.15, -0.1) is 0 Å². The number of methoxy groups -OCH3 is 1. The summed E-state index contributed by atoms with van der Waals surface area (Å²) in [5.41, 5.74) is 3.74. The molecule has 0 bridgehead atoms. The number of sulfonamides is 1. The van der Waals surface area contributed by atoms with E-state index in [1.807, 2.05) is 31.2 Å². The maximum atomic E-state index is 14.0. The molecule has 0 radical (unpaired) electrons. The number of fused-ring (bicyclic) bond motifs is 2. The number of carbonyl (C=O) groups excluding carboxylic acids is 2. The topological polar surface area (TPSA) is 133 Å². The molecule has 0 atom stereocenters. The number of benzene rings is 3. The molecule has 0 aliphatic rings. The molecule has 6 aromatic rings. The number of halogens is 1. The normalized spacial score (nSPS) is 12.1. The standard InChI is InChI=1S/C40H39FN4O7S/c1-23-27-11-9-10-12-31(27)45(39(47)52-40(2,3)4)36(23)35-24(19-20-50-7)15-18-30(43-35)28-21-29-33(22-32(28)44(6)53(8,48)49)51-37(34(29)38(46)42-5)25-13-16-26(41)17-14-25/h9-22H,1-8H3,(H,42,46)/b20-19+.